The zero-order valence-electron chi connectivity index (χ0n) is 13.1. The van der Waals surface area contributed by atoms with Crippen LogP contribution in [0.25, 0.3) is 0 Å². The number of aryl methyl sites for hydroxylation is 1. The number of carbonyl (C=O) groups is 1. The maximum Gasteiger partial charge on any atom is 0.407 e. The minimum absolute atomic E-state index is 0.101. The van der Waals surface area contributed by atoms with Crippen LogP contribution in [0.1, 0.15) is 23.1 Å². The van der Waals surface area contributed by atoms with Gasteiger partial charge in [0.2, 0.25) is 0 Å². The molecule has 0 aliphatic rings. The summed E-state index contributed by atoms with van der Waals surface area (Å²) in [4.78, 5) is 15.5. The molecule has 1 aromatic heterocycles. The number of aliphatic hydroxyl groups is 2. The van der Waals surface area contributed by atoms with Crippen molar-refractivity contribution in [1.29, 1.82) is 0 Å². The molecule has 3 N–H and O–H groups in total. The first-order chi connectivity index (χ1) is 11.5. The zero-order chi connectivity index (χ0) is 17.5. The topological polar surface area (TPSA) is 91.7 Å². The van der Waals surface area contributed by atoms with Crippen LogP contribution >= 0.6 is 0 Å². The molecule has 2 rings (SSSR count). The highest BCUT2D eigenvalue weighted by Crippen LogP contribution is 2.16. The number of halogens is 1. The van der Waals surface area contributed by atoms with Crippen molar-refractivity contribution in [2.24, 2.45) is 0 Å². The van der Waals surface area contributed by atoms with E-state index in [2.05, 4.69) is 10.3 Å². The molecule has 2 atom stereocenters. The summed E-state index contributed by atoms with van der Waals surface area (Å²) in [5.41, 5.74) is 1.08. The molecule has 2 unspecified atom stereocenters. The Hall–Kier alpha value is -2.51. The highest BCUT2D eigenvalue weighted by atomic mass is 19.1. The van der Waals surface area contributed by atoms with Crippen LogP contribution in [-0.4, -0.2) is 33.9 Å². The van der Waals surface area contributed by atoms with E-state index in [1.165, 1.54) is 13.0 Å². The van der Waals surface area contributed by atoms with E-state index in [9.17, 15) is 19.4 Å². The third kappa shape index (κ3) is 5.00. The first kappa shape index (κ1) is 17.8. The Morgan fingerprint density at radius 1 is 1.25 bits per heavy atom. The Morgan fingerprint density at radius 2 is 1.96 bits per heavy atom. The van der Waals surface area contributed by atoms with E-state index in [1.54, 1.807) is 0 Å². The smallest absolute Gasteiger partial charge is 0.407 e. The molecule has 1 aromatic carbocycles. The number of hydrogen-bond donors (Lipinski definition) is 3. The summed E-state index contributed by atoms with van der Waals surface area (Å²) in [6.45, 7) is 1.33. The van der Waals surface area contributed by atoms with Crippen LogP contribution in [-0.2, 0) is 11.3 Å². The summed E-state index contributed by atoms with van der Waals surface area (Å²) in [5.74, 6) is -0.497. The van der Waals surface area contributed by atoms with Gasteiger partial charge in [0, 0.05) is 6.54 Å². The minimum atomic E-state index is -1.35. The quantitative estimate of drug-likeness (QED) is 0.750. The van der Waals surface area contributed by atoms with Crippen molar-refractivity contribution < 1.29 is 24.1 Å². The van der Waals surface area contributed by atoms with Crippen LogP contribution in [0.3, 0.4) is 0 Å². The molecule has 1 heterocycles. The monoisotopic (exact) mass is 334 g/mol. The summed E-state index contributed by atoms with van der Waals surface area (Å²) in [7, 11) is 0. The molecule has 24 heavy (non-hydrogen) atoms. The summed E-state index contributed by atoms with van der Waals surface area (Å²) in [6.07, 6.45) is -3.36. The normalized spacial score (nSPS) is 13.2. The molecule has 0 aliphatic heterocycles. The maximum atomic E-state index is 13.2. The third-order valence-corrected chi connectivity index (χ3v) is 3.38. The molecule has 7 heteroatoms. The second-order valence-electron chi connectivity index (χ2n) is 5.26. The van der Waals surface area contributed by atoms with Crippen molar-refractivity contribution in [3.63, 3.8) is 0 Å². The van der Waals surface area contributed by atoms with E-state index >= 15 is 0 Å². The molecule has 6 nitrogen and oxygen atoms in total. The fourth-order valence-electron chi connectivity index (χ4n) is 2.00. The Bertz CT molecular complexity index is 682. The Kier molecular flexibility index (Phi) is 6.22. The van der Waals surface area contributed by atoms with Gasteiger partial charge in [-0.1, -0.05) is 30.3 Å². The second kappa shape index (κ2) is 8.37. The van der Waals surface area contributed by atoms with Gasteiger partial charge in [-0.3, -0.25) is 4.98 Å². The van der Waals surface area contributed by atoms with Gasteiger partial charge >= 0.3 is 6.09 Å². The summed E-state index contributed by atoms with van der Waals surface area (Å²) in [6, 6.07) is 11.6. The zero-order valence-corrected chi connectivity index (χ0v) is 13.1. The Balaban J connectivity index is 1.80. The van der Waals surface area contributed by atoms with E-state index in [0.717, 1.165) is 11.6 Å². The molecule has 0 aliphatic carbocycles. The number of pyridine rings is 1. The van der Waals surface area contributed by atoms with Gasteiger partial charge in [0.25, 0.3) is 0 Å². The highest BCUT2D eigenvalue weighted by Gasteiger charge is 2.21. The van der Waals surface area contributed by atoms with Gasteiger partial charge in [0.15, 0.2) is 0 Å². The van der Waals surface area contributed by atoms with Gasteiger partial charge in [0.1, 0.15) is 24.6 Å². The lowest BCUT2D eigenvalue weighted by molar-refractivity contribution is 0.0158. The van der Waals surface area contributed by atoms with Crippen molar-refractivity contribution in [3.8, 4) is 0 Å². The molecule has 0 fully saturated rings. The van der Waals surface area contributed by atoms with Crippen molar-refractivity contribution in [1.82, 2.24) is 10.3 Å². The summed E-state index contributed by atoms with van der Waals surface area (Å²) in [5, 5.41) is 22.3. The number of rotatable bonds is 6. The molecule has 0 spiro atoms. The van der Waals surface area contributed by atoms with E-state index in [-0.39, 0.29) is 24.5 Å². The van der Waals surface area contributed by atoms with Crippen LogP contribution < -0.4 is 5.32 Å². The first-order valence-electron chi connectivity index (χ1n) is 7.41. The standard InChI is InChI=1S/C17H19FN2O4/c1-11-13(18)7-8-14(20-11)16(22)15(21)9-19-17(23)24-10-12-5-3-2-4-6-12/h2-8,15-16,21-22H,9-10H2,1H3,(H,19,23). The highest BCUT2D eigenvalue weighted by molar-refractivity contribution is 5.67. The summed E-state index contributed by atoms with van der Waals surface area (Å²) < 4.78 is 18.2. The van der Waals surface area contributed by atoms with Crippen LogP contribution in [0.5, 0.6) is 0 Å². The first-order valence-corrected chi connectivity index (χ1v) is 7.41. The minimum Gasteiger partial charge on any atom is -0.445 e. The maximum absolute atomic E-state index is 13.2. The average Bonchev–Trinajstić information content (AvgIpc) is 2.60. The van der Waals surface area contributed by atoms with E-state index < -0.39 is 24.1 Å². The van der Waals surface area contributed by atoms with Crippen LogP contribution in [0.15, 0.2) is 42.5 Å². The van der Waals surface area contributed by atoms with Crippen molar-refractivity contribution >= 4 is 6.09 Å². The van der Waals surface area contributed by atoms with Crippen molar-refractivity contribution in [3.05, 3.63) is 65.2 Å². The molecule has 1 amide bonds. The van der Waals surface area contributed by atoms with Gasteiger partial charge in [-0.15, -0.1) is 0 Å². The summed E-state index contributed by atoms with van der Waals surface area (Å²) >= 11 is 0. The van der Waals surface area contributed by atoms with Gasteiger partial charge in [-0.05, 0) is 24.6 Å². The average molecular weight is 334 g/mol. The molecule has 0 radical (unpaired) electrons. The number of benzene rings is 1. The number of ether oxygens (including phenoxy) is 1. The number of hydrogen-bond acceptors (Lipinski definition) is 5. The van der Waals surface area contributed by atoms with Gasteiger partial charge in [-0.2, -0.15) is 0 Å². The molecule has 2 aromatic rings. The molecule has 128 valence electrons. The number of alkyl carbamates (subject to hydrolysis) is 1. The lowest BCUT2D eigenvalue weighted by Crippen LogP contribution is -2.36. The molecule has 0 bridgehead atoms. The Labute approximate surface area is 138 Å². The van der Waals surface area contributed by atoms with E-state index in [4.69, 9.17) is 4.74 Å². The second-order valence-corrected chi connectivity index (χ2v) is 5.26. The van der Waals surface area contributed by atoms with Crippen molar-refractivity contribution in [2.45, 2.75) is 25.7 Å². The van der Waals surface area contributed by atoms with Crippen molar-refractivity contribution in [2.75, 3.05) is 6.54 Å². The number of aromatic nitrogens is 1. The Morgan fingerprint density at radius 3 is 2.62 bits per heavy atom. The van der Waals surface area contributed by atoms with E-state index in [1.807, 2.05) is 30.3 Å². The third-order valence-electron chi connectivity index (χ3n) is 3.38. The van der Waals surface area contributed by atoms with Crippen LogP contribution in [0, 0.1) is 12.7 Å². The number of carbonyl (C=O) groups excluding carboxylic acids is 1. The fraction of sp³-hybridized carbons (Fsp3) is 0.294. The van der Waals surface area contributed by atoms with Gasteiger partial charge in [-0.25, -0.2) is 9.18 Å². The molecule has 0 saturated carbocycles. The lowest BCUT2D eigenvalue weighted by Gasteiger charge is -2.18. The predicted octanol–water partition coefficient (Wildman–Crippen LogP) is 1.85. The molecular formula is C17H19FN2O4. The van der Waals surface area contributed by atoms with Crippen LogP contribution in [0.2, 0.25) is 0 Å². The largest absolute Gasteiger partial charge is 0.445 e. The number of nitrogens with zero attached hydrogens (tertiary/aromatic N) is 1. The number of aliphatic hydroxyl groups excluding tert-OH is 2. The number of nitrogens with one attached hydrogen (secondary N) is 1. The van der Waals surface area contributed by atoms with Gasteiger partial charge in [0.05, 0.1) is 11.4 Å². The van der Waals surface area contributed by atoms with Crippen LogP contribution in [0.4, 0.5) is 9.18 Å². The lowest BCUT2D eigenvalue weighted by atomic mass is 10.1. The fourth-order valence-corrected chi connectivity index (χ4v) is 2.00. The number of amides is 1. The van der Waals surface area contributed by atoms with E-state index in [0.29, 0.717) is 0 Å². The molecular weight excluding hydrogens is 315 g/mol. The molecule has 0 saturated heterocycles. The van der Waals surface area contributed by atoms with Gasteiger partial charge < -0.3 is 20.3 Å². The predicted molar refractivity (Wildman–Crippen MR) is 84.5 cm³/mol. The SMILES string of the molecule is Cc1nc(C(O)C(O)CNC(=O)OCc2ccccc2)ccc1F.